The van der Waals surface area contributed by atoms with E-state index in [0.29, 0.717) is 0 Å². The van der Waals surface area contributed by atoms with Crippen molar-refractivity contribution in [2.45, 2.75) is 25.8 Å². The summed E-state index contributed by atoms with van der Waals surface area (Å²) in [5.74, 6) is 0.769. The highest BCUT2D eigenvalue weighted by atomic mass is 14.7. The second-order valence-corrected chi connectivity index (χ2v) is 2.13. The topological polar surface area (TPSA) is 23.8 Å². The van der Waals surface area contributed by atoms with E-state index in [-0.39, 0.29) is 6.04 Å². The molecule has 1 N–H and O–H groups in total. The van der Waals surface area contributed by atoms with Gasteiger partial charge >= 0.3 is 0 Å². The molecular weight excluding hydrogens is 74.1 g/mol. The van der Waals surface area contributed by atoms with Gasteiger partial charge in [0.2, 0.25) is 0 Å². The van der Waals surface area contributed by atoms with Gasteiger partial charge in [-0.2, -0.15) is 0 Å². The summed E-state index contributed by atoms with van der Waals surface area (Å²) in [4.78, 5) is 0. The number of hydrogen-bond acceptors (Lipinski definition) is 0. The van der Waals surface area contributed by atoms with E-state index in [2.05, 4.69) is 0 Å². The highest BCUT2D eigenvalue weighted by Gasteiger charge is 2.25. The van der Waals surface area contributed by atoms with Crippen LogP contribution in [0.1, 0.15) is 19.8 Å². The molecule has 0 aromatic carbocycles. The van der Waals surface area contributed by atoms with Crippen molar-refractivity contribution in [2.24, 2.45) is 5.92 Å². The van der Waals surface area contributed by atoms with Gasteiger partial charge in [-0.05, 0) is 25.7 Å². The summed E-state index contributed by atoms with van der Waals surface area (Å²) >= 11 is 0. The third-order valence-electron chi connectivity index (χ3n) is 1.33. The average Bonchev–Trinajstić information content (AvgIpc) is 2.06. The second-order valence-electron chi connectivity index (χ2n) is 2.13. The fourth-order valence-corrected chi connectivity index (χ4v) is 0.596. The van der Waals surface area contributed by atoms with Gasteiger partial charge in [0.25, 0.3) is 0 Å². The fraction of sp³-hybridized carbons (Fsp3) is 1.00. The Labute approximate surface area is 38.5 Å². The molecule has 1 saturated carbocycles. The molecule has 0 amide bonds. The van der Waals surface area contributed by atoms with Crippen molar-refractivity contribution in [1.29, 1.82) is 0 Å². The van der Waals surface area contributed by atoms with E-state index < -0.39 is 0 Å². The van der Waals surface area contributed by atoms with Crippen molar-refractivity contribution in [3.05, 3.63) is 0 Å². The molecule has 35 valence electrons. The van der Waals surface area contributed by atoms with E-state index in [1.54, 1.807) is 0 Å². The number of rotatable bonds is 1. The lowest BCUT2D eigenvalue weighted by molar-refractivity contribution is 0.631. The fourth-order valence-electron chi connectivity index (χ4n) is 0.596. The normalized spacial score (nSPS) is 27.0. The molecule has 1 fully saturated rings. The lowest BCUT2D eigenvalue weighted by Crippen LogP contribution is -2.03. The van der Waals surface area contributed by atoms with Gasteiger partial charge < -0.3 is 0 Å². The molecule has 0 aromatic heterocycles. The van der Waals surface area contributed by atoms with Crippen LogP contribution in [0, 0.1) is 5.92 Å². The summed E-state index contributed by atoms with van der Waals surface area (Å²) < 4.78 is 0. The summed E-state index contributed by atoms with van der Waals surface area (Å²) in [6.45, 7) is 1.97. The molecule has 6 heavy (non-hydrogen) atoms. The van der Waals surface area contributed by atoms with Crippen LogP contribution in [0.4, 0.5) is 0 Å². The van der Waals surface area contributed by atoms with E-state index >= 15 is 0 Å². The zero-order chi connectivity index (χ0) is 4.57. The molecule has 1 aliphatic rings. The Morgan fingerprint density at radius 3 is 2.17 bits per heavy atom. The van der Waals surface area contributed by atoms with Crippen LogP contribution in [0.15, 0.2) is 0 Å². The number of hydrogen-bond donors (Lipinski definition) is 0. The van der Waals surface area contributed by atoms with Gasteiger partial charge in [-0.25, -0.2) is 0 Å². The molecule has 0 heterocycles. The summed E-state index contributed by atoms with van der Waals surface area (Å²) in [6.07, 6.45) is 2.62. The molecular formula is C5H10N. The zero-order valence-electron chi connectivity index (χ0n) is 4.07. The minimum atomic E-state index is 0.213. The van der Waals surface area contributed by atoms with Crippen molar-refractivity contribution in [3.8, 4) is 0 Å². The van der Waals surface area contributed by atoms with Crippen LogP contribution in [-0.4, -0.2) is 6.04 Å². The van der Waals surface area contributed by atoms with Crippen LogP contribution in [0.2, 0.25) is 0 Å². The molecule has 1 radical (unpaired) electrons. The SMILES string of the molecule is CC([NH])C1CC1. The van der Waals surface area contributed by atoms with Crippen LogP contribution in [0.5, 0.6) is 0 Å². The maximum absolute atomic E-state index is 7.09. The molecule has 1 atom stereocenters. The quantitative estimate of drug-likeness (QED) is 0.454. The predicted octanol–water partition coefficient (Wildman–Crippen LogP) is 1.07. The Bertz CT molecular complexity index is 45.9. The van der Waals surface area contributed by atoms with Gasteiger partial charge in [0, 0.05) is 6.04 Å². The van der Waals surface area contributed by atoms with Gasteiger partial charge in [0.05, 0.1) is 0 Å². The maximum Gasteiger partial charge on any atom is 0.0213 e. The molecule has 1 rings (SSSR count). The monoisotopic (exact) mass is 84.1 g/mol. The summed E-state index contributed by atoms with van der Waals surface area (Å²) in [5, 5.41) is 0. The highest BCUT2D eigenvalue weighted by molar-refractivity contribution is 4.79. The molecule has 0 saturated heterocycles. The molecule has 1 heteroatoms. The molecule has 1 nitrogen and oxygen atoms in total. The third kappa shape index (κ3) is 0.716. The maximum atomic E-state index is 7.09. The summed E-state index contributed by atoms with van der Waals surface area (Å²) in [6, 6.07) is 0.213. The van der Waals surface area contributed by atoms with Crippen molar-refractivity contribution in [1.82, 2.24) is 5.73 Å². The Kier molecular flexibility index (Phi) is 0.845. The Morgan fingerprint density at radius 1 is 1.67 bits per heavy atom. The minimum absolute atomic E-state index is 0.213. The molecule has 0 spiro atoms. The first-order chi connectivity index (χ1) is 2.80. The average molecular weight is 84.1 g/mol. The molecule has 0 aliphatic heterocycles. The van der Waals surface area contributed by atoms with E-state index in [1.807, 2.05) is 6.92 Å². The van der Waals surface area contributed by atoms with E-state index in [1.165, 1.54) is 12.8 Å². The predicted molar refractivity (Wildman–Crippen MR) is 25.3 cm³/mol. The Hall–Kier alpha value is -0.0400. The molecule has 0 aromatic rings. The first-order valence-electron chi connectivity index (χ1n) is 2.52. The third-order valence-corrected chi connectivity index (χ3v) is 1.33. The number of nitrogens with one attached hydrogen (secondary N) is 1. The summed E-state index contributed by atoms with van der Waals surface area (Å²) in [5.41, 5.74) is 7.09. The highest BCUT2D eigenvalue weighted by Crippen LogP contribution is 2.31. The second kappa shape index (κ2) is 1.23. The van der Waals surface area contributed by atoms with Crippen LogP contribution < -0.4 is 5.73 Å². The van der Waals surface area contributed by atoms with Gasteiger partial charge in [-0.1, -0.05) is 0 Å². The van der Waals surface area contributed by atoms with Gasteiger partial charge in [-0.15, -0.1) is 0 Å². The van der Waals surface area contributed by atoms with Crippen LogP contribution >= 0.6 is 0 Å². The van der Waals surface area contributed by atoms with Crippen LogP contribution in [0.25, 0.3) is 0 Å². The van der Waals surface area contributed by atoms with Crippen molar-refractivity contribution < 1.29 is 0 Å². The van der Waals surface area contributed by atoms with Gasteiger partial charge in [0.1, 0.15) is 0 Å². The Morgan fingerprint density at radius 2 is 2.17 bits per heavy atom. The van der Waals surface area contributed by atoms with E-state index in [4.69, 9.17) is 5.73 Å². The first kappa shape index (κ1) is 4.13. The first-order valence-corrected chi connectivity index (χ1v) is 2.52. The Balaban J connectivity index is 2.13. The molecule has 1 aliphatic carbocycles. The molecule has 0 bridgehead atoms. The smallest absolute Gasteiger partial charge is 0.0213 e. The lowest BCUT2D eigenvalue weighted by atomic mass is 10.2. The largest absolute Gasteiger partial charge is 0.255 e. The standard InChI is InChI=1S/C5H10N/c1-4(6)5-2-3-5/h4-6H,2-3H2,1H3. The van der Waals surface area contributed by atoms with E-state index in [0.717, 1.165) is 5.92 Å². The zero-order valence-corrected chi connectivity index (χ0v) is 4.07. The minimum Gasteiger partial charge on any atom is -0.255 e. The van der Waals surface area contributed by atoms with Crippen molar-refractivity contribution >= 4 is 0 Å². The van der Waals surface area contributed by atoms with Crippen molar-refractivity contribution in [2.75, 3.05) is 0 Å². The van der Waals surface area contributed by atoms with E-state index in [9.17, 15) is 0 Å². The van der Waals surface area contributed by atoms with Crippen LogP contribution in [-0.2, 0) is 0 Å². The molecule has 1 unspecified atom stereocenters. The van der Waals surface area contributed by atoms with Crippen molar-refractivity contribution in [3.63, 3.8) is 0 Å². The van der Waals surface area contributed by atoms with Gasteiger partial charge in [0.15, 0.2) is 0 Å². The summed E-state index contributed by atoms with van der Waals surface area (Å²) in [7, 11) is 0. The van der Waals surface area contributed by atoms with Crippen LogP contribution in [0.3, 0.4) is 0 Å². The lowest BCUT2D eigenvalue weighted by Gasteiger charge is -1.93. The van der Waals surface area contributed by atoms with Gasteiger partial charge in [-0.3, -0.25) is 5.73 Å².